The molecule has 0 aliphatic carbocycles. The minimum absolute atomic E-state index is 0.0244. The Labute approximate surface area is 171 Å². The van der Waals surface area contributed by atoms with E-state index in [1.165, 1.54) is 18.9 Å². The number of piperazine rings is 1. The predicted octanol–water partition coefficient (Wildman–Crippen LogP) is 2.41. The van der Waals surface area contributed by atoms with E-state index in [9.17, 15) is 9.59 Å². The quantitative estimate of drug-likeness (QED) is 0.749. The molecule has 7 nitrogen and oxygen atoms in total. The summed E-state index contributed by atoms with van der Waals surface area (Å²) in [7, 11) is 3.09. The molecule has 0 N–H and O–H groups in total. The van der Waals surface area contributed by atoms with Gasteiger partial charge in [-0.2, -0.15) is 0 Å². The zero-order valence-electron chi connectivity index (χ0n) is 17.1. The first-order chi connectivity index (χ1) is 14.0. The zero-order chi connectivity index (χ0) is 20.8. The summed E-state index contributed by atoms with van der Waals surface area (Å²) in [6.45, 7) is 4.20. The summed E-state index contributed by atoms with van der Waals surface area (Å²) in [5.41, 5.74) is 1.71. The van der Waals surface area contributed by atoms with Gasteiger partial charge in [-0.05, 0) is 24.3 Å². The minimum atomic E-state index is -0.218. The first kappa shape index (κ1) is 20.5. The number of hydrogen-bond acceptors (Lipinski definition) is 5. The van der Waals surface area contributed by atoms with Gasteiger partial charge in [-0.3, -0.25) is 14.5 Å². The normalized spacial score (nSPS) is 13.8. The van der Waals surface area contributed by atoms with Crippen molar-refractivity contribution in [3.8, 4) is 11.5 Å². The summed E-state index contributed by atoms with van der Waals surface area (Å²) in [4.78, 5) is 30.7. The highest BCUT2D eigenvalue weighted by Crippen LogP contribution is 2.32. The Hall–Kier alpha value is -3.22. The predicted molar refractivity (Wildman–Crippen MR) is 113 cm³/mol. The number of anilines is 2. The molecule has 1 aliphatic heterocycles. The summed E-state index contributed by atoms with van der Waals surface area (Å²) < 4.78 is 10.6. The molecule has 0 saturated carbocycles. The third kappa shape index (κ3) is 4.80. The average molecular weight is 397 g/mol. The Kier molecular flexibility index (Phi) is 6.59. The number of carbonyl (C=O) groups excluding carboxylic acids is 2. The van der Waals surface area contributed by atoms with E-state index in [0.717, 1.165) is 18.8 Å². The molecule has 1 saturated heterocycles. The number of para-hydroxylation sites is 1. The molecular weight excluding hydrogens is 370 g/mol. The fourth-order valence-electron chi connectivity index (χ4n) is 3.46. The van der Waals surface area contributed by atoms with Crippen molar-refractivity contribution >= 4 is 23.2 Å². The van der Waals surface area contributed by atoms with Gasteiger partial charge in [0.1, 0.15) is 18.0 Å². The molecular formula is C22H27N3O4. The van der Waals surface area contributed by atoms with Crippen molar-refractivity contribution in [1.29, 1.82) is 0 Å². The molecule has 154 valence electrons. The molecule has 2 aromatic rings. The molecule has 0 unspecified atom stereocenters. The van der Waals surface area contributed by atoms with Gasteiger partial charge in [-0.15, -0.1) is 0 Å². The lowest BCUT2D eigenvalue weighted by Gasteiger charge is -2.37. The number of nitrogens with zero attached hydrogens (tertiary/aromatic N) is 3. The largest absolute Gasteiger partial charge is 0.497 e. The molecule has 1 aliphatic rings. The molecule has 0 radical (unpaired) electrons. The molecule has 1 fully saturated rings. The highest BCUT2D eigenvalue weighted by Gasteiger charge is 2.26. The van der Waals surface area contributed by atoms with E-state index in [2.05, 4.69) is 17.0 Å². The summed E-state index contributed by atoms with van der Waals surface area (Å²) >= 11 is 0. The first-order valence-corrected chi connectivity index (χ1v) is 9.61. The van der Waals surface area contributed by atoms with Crippen LogP contribution in [0.1, 0.15) is 6.92 Å². The zero-order valence-corrected chi connectivity index (χ0v) is 17.1. The van der Waals surface area contributed by atoms with Crippen molar-refractivity contribution < 1.29 is 19.1 Å². The Balaban J connectivity index is 1.67. The van der Waals surface area contributed by atoms with Crippen LogP contribution in [0.3, 0.4) is 0 Å². The van der Waals surface area contributed by atoms with Gasteiger partial charge in [-0.25, -0.2) is 0 Å². The Morgan fingerprint density at radius 1 is 0.966 bits per heavy atom. The molecule has 1 heterocycles. The van der Waals surface area contributed by atoms with Crippen LogP contribution < -0.4 is 19.3 Å². The second-order valence-electron chi connectivity index (χ2n) is 6.85. The number of hydrogen-bond donors (Lipinski definition) is 0. The lowest BCUT2D eigenvalue weighted by atomic mass is 10.2. The van der Waals surface area contributed by atoms with Gasteiger partial charge in [0.2, 0.25) is 11.8 Å². The number of benzene rings is 2. The van der Waals surface area contributed by atoms with Gasteiger partial charge < -0.3 is 19.3 Å². The maximum Gasteiger partial charge on any atom is 0.242 e. The topological polar surface area (TPSA) is 62.3 Å². The van der Waals surface area contributed by atoms with Gasteiger partial charge in [0.05, 0.1) is 19.9 Å². The van der Waals surface area contributed by atoms with Crippen LogP contribution in [0.15, 0.2) is 48.5 Å². The molecule has 3 rings (SSSR count). The Morgan fingerprint density at radius 3 is 2.24 bits per heavy atom. The van der Waals surface area contributed by atoms with Crippen LogP contribution in [-0.2, 0) is 9.59 Å². The SMILES string of the molecule is COc1ccc(N(CC(=O)N2CCN(c3ccccc3)CC2)C(C)=O)c(OC)c1. The van der Waals surface area contributed by atoms with Crippen LogP contribution in [-0.4, -0.2) is 63.7 Å². The fourth-order valence-corrected chi connectivity index (χ4v) is 3.46. The maximum absolute atomic E-state index is 12.9. The molecule has 0 spiro atoms. The van der Waals surface area contributed by atoms with E-state index in [-0.39, 0.29) is 18.4 Å². The Bertz CT molecular complexity index is 848. The lowest BCUT2D eigenvalue weighted by Crippen LogP contribution is -2.51. The van der Waals surface area contributed by atoms with Gasteiger partial charge in [0, 0.05) is 44.9 Å². The molecule has 29 heavy (non-hydrogen) atoms. The van der Waals surface area contributed by atoms with Gasteiger partial charge in [-0.1, -0.05) is 18.2 Å². The van der Waals surface area contributed by atoms with Gasteiger partial charge in [0.25, 0.3) is 0 Å². The van der Waals surface area contributed by atoms with E-state index in [4.69, 9.17) is 9.47 Å². The highest BCUT2D eigenvalue weighted by molar-refractivity contribution is 5.98. The third-order valence-corrected chi connectivity index (χ3v) is 5.10. The standard InChI is InChI=1S/C22H27N3O4/c1-17(26)25(20-10-9-19(28-2)15-21(20)29-3)16-22(27)24-13-11-23(12-14-24)18-7-5-4-6-8-18/h4-10,15H,11-14,16H2,1-3H3. The van der Waals surface area contributed by atoms with Crippen LogP contribution >= 0.6 is 0 Å². The van der Waals surface area contributed by atoms with Crippen LogP contribution in [0.5, 0.6) is 11.5 Å². The number of methoxy groups -OCH3 is 2. The summed E-state index contributed by atoms with van der Waals surface area (Å²) in [6.07, 6.45) is 0. The highest BCUT2D eigenvalue weighted by atomic mass is 16.5. The molecule has 7 heteroatoms. The van der Waals surface area contributed by atoms with Gasteiger partial charge in [0.15, 0.2) is 0 Å². The van der Waals surface area contributed by atoms with Crippen LogP contribution in [0.2, 0.25) is 0 Å². The van der Waals surface area contributed by atoms with Crippen molar-refractivity contribution in [2.45, 2.75) is 6.92 Å². The molecule has 2 amide bonds. The van der Waals surface area contributed by atoms with E-state index < -0.39 is 0 Å². The monoisotopic (exact) mass is 397 g/mol. The molecule has 0 atom stereocenters. The van der Waals surface area contributed by atoms with E-state index >= 15 is 0 Å². The first-order valence-electron chi connectivity index (χ1n) is 9.61. The summed E-state index contributed by atoms with van der Waals surface area (Å²) in [5, 5.41) is 0. The third-order valence-electron chi connectivity index (χ3n) is 5.10. The molecule has 0 bridgehead atoms. The average Bonchev–Trinajstić information content (AvgIpc) is 2.77. The summed E-state index contributed by atoms with van der Waals surface area (Å²) in [6, 6.07) is 15.4. The lowest BCUT2D eigenvalue weighted by molar-refractivity contribution is -0.131. The van der Waals surface area contributed by atoms with Crippen molar-refractivity contribution in [3.05, 3.63) is 48.5 Å². The van der Waals surface area contributed by atoms with Crippen molar-refractivity contribution in [2.24, 2.45) is 0 Å². The number of amides is 2. The molecule has 2 aromatic carbocycles. The van der Waals surface area contributed by atoms with E-state index in [0.29, 0.717) is 30.3 Å². The number of carbonyl (C=O) groups is 2. The van der Waals surface area contributed by atoms with Crippen LogP contribution in [0.4, 0.5) is 11.4 Å². The second kappa shape index (κ2) is 9.32. The molecule has 0 aromatic heterocycles. The number of rotatable bonds is 6. The second-order valence-corrected chi connectivity index (χ2v) is 6.85. The van der Waals surface area contributed by atoms with Crippen LogP contribution in [0.25, 0.3) is 0 Å². The Morgan fingerprint density at radius 2 is 1.66 bits per heavy atom. The minimum Gasteiger partial charge on any atom is -0.497 e. The van der Waals surface area contributed by atoms with E-state index in [1.807, 2.05) is 23.1 Å². The smallest absolute Gasteiger partial charge is 0.242 e. The number of ether oxygens (including phenoxy) is 2. The van der Waals surface area contributed by atoms with Gasteiger partial charge >= 0.3 is 0 Å². The summed E-state index contributed by atoms with van der Waals surface area (Å²) in [5.74, 6) is 0.814. The van der Waals surface area contributed by atoms with Crippen LogP contribution in [0, 0.1) is 0 Å². The van der Waals surface area contributed by atoms with Crippen molar-refractivity contribution in [1.82, 2.24) is 4.90 Å². The maximum atomic E-state index is 12.9. The van der Waals surface area contributed by atoms with Crippen molar-refractivity contribution in [3.63, 3.8) is 0 Å². The van der Waals surface area contributed by atoms with E-state index in [1.54, 1.807) is 25.3 Å². The van der Waals surface area contributed by atoms with Crippen molar-refractivity contribution in [2.75, 3.05) is 56.7 Å². The fraction of sp³-hybridized carbons (Fsp3) is 0.364.